The van der Waals surface area contributed by atoms with Gasteiger partial charge in [-0.25, -0.2) is 0 Å². The van der Waals surface area contributed by atoms with Gasteiger partial charge in [-0.05, 0) is 25.2 Å². The van der Waals surface area contributed by atoms with E-state index in [1.165, 1.54) is 12.8 Å². The second-order valence-corrected chi connectivity index (χ2v) is 5.65. The third kappa shape index (κ3) is 4.84. The highest BCUT2D eigenvalue weighted by Gasteiger charge is 2.41. The number of rotatable bonds is 8. The Labute approximate surface area is 116 Å². The summed E-state index contributed by atoms with van der Waals surface area (Å²) >= 11 is 0. The monoisotopic (exact) mass is 269 g/mol. The maximum atomic E-state index is 12.1. The van der Waals surface area contributed by atoms with Gasteiger partial charge < -0.3 is 10.4 Å². The number of carboxylic acids is 1. The molecule has 1 aliphatic carbocycles. The first kappa shape index (κ1) is 16.0. The van der Waals surface area contributed by atoms with Gasteiger partial charge in [0.05, 0.1) is 11.8 Å². The van der Waals surface area contributed by atoms with Gasteiger partial charge in [-0.1, -0.05) is 39.5 Å². The molecule has 0 aliphatic heterocycles. The summed E-state index contributed by atoms with van der Waals surface area (Å²) < 4.78 is 0. The summed E-state index contributed by atoms with van der Waals surface area (Å²) in [5, 5.41) is 12.1. The minimum atomic E-state index is -0.818. The van der Waals surface area contributed by atoms with Gasteiger partial charge in [-0.2, -0.15) is 0 Å². The van der Waals surface area contributed by atoms with Crippen molar-refractivity contribution >= 4 is 11.9 Å². The van der Waals surface area contributed by atoms with Gasteiger partial charge in [-0.15, -0.1) is 0 Å². The van der Waals surface area contributed by atoms with Gasteiger partial charge >= 0.3 is 5.97 Å². The van der Waals surface area contributed by atoms with Crippen molar-refractivity contribution in [3.05, 3.63) is 0 Å². The number of nitrogens with one attached hydrogen (secondary N) is 1. The van der Waals surface area contributed by atoms with Crippen LogP contribution in [0.1, 0.15) is 58.8 Å². The van der Waals surface area contributed by atoms with Gasteiger partial charge in [0.1, 0.15) is 0 Å². The number of amides is 1. The zero-order chi connectivity index (χ0) is 14.3. The molecule has 1 aliphatic rings. The third-order valence-corrected chi connectivity index (χ3v) is 4.22. The highest BCUT2D eigenvalue weighted by atomic mass is 16.4. The van der Waals surface area contributed by atoms with Crippen molar-refractivity contribution in [3.8, 4) is 0 Å². The molecular formula is C15H27NO3. The molecule has 0 aromatic heterocycles. The quantitative estimate of drug-likeness (QED) is 0.666. The summed E-state index contributed by atoms with van der Waals surface area (Å²) in [4.78, 5) is 23.3. The maximum Gasteiger partial charge on any atom is 0.307 e. The van der Waals surface area contributed by atoms with Crippen LogP contribution in [0.4, 0.5) is 0 Å². The number of carboxylic acid groups (broad SMARTS) is 1. The topological polar surface area (TPSA) is 66.4 Å². The van der Waals surface area contributed by atoms with Gasteiger partial charge in [0.15, 0.2) is 0 Å². The Balaban J connectivity index is 2.39. The Hall–Kier alpha value is -1.06. The molecule has 1 unspecified atom stereocenters. The van der Waals surface area contributed by atoms with Crippen LogP contribution in [0.3, 0.4) is 0 Å². The fourth-order valence-corrected chi connectivity index (χ4v) is 2.93. The van der Waals surface area contributed by atoms with E-state index in [2.05, 4.69) is 19.2 Å². The molecule has 0 aromatic rings. The Bertz CT molecular complexity index is 304. The predicted octanol–water partition coefficient (Wildman–Crippen LogP) is 2.82. The van der Waals surface area contributed by atoms with Crippen LogP contribution in [0, 0.1) is 17.8 Å². The summed E-state index contributed by atoms with van der Waals surface area (Å²) in [6.07, 6.45) is 6.82. The molecule has 4 nitrogen and oxygen atoms in total. The molecule has 2 N–H and O–H groups in total. The molecule has 110 valence electrons. The summed E-state index contributed by atoms with van der Waals surface area (Å²) in [6.45, 7) is 4.90. The summed E-state index contributed by atoms with van der Waals surface area (Å²) in [5.74, 6) is -1.30. The Morgan fingerprint density at radius 1 is 1.11 bits per heavy atom. The molecule has 0 saturated heterocycles. The van der Waals surface area contributed by atoms with Crippen molar-refractivity contribution in [3.63, 3.8) is 0 Å². The first-order valence-electron chi connectivity index (χ1n) is 7.60. The lowest BCUT2D eigenvalue weighted by Crippen LogP contribution is -2.35. The number of carbonyl (C=O) groups is 2. The second kappa shape index (κ2) is 8.18. The molecule has 0 aromatic carbocycles. The van der Waals surface area contributed by atoms with Crippen LogP contribution < -0.4 is 5.32 Å². The molecule has 19 heavy (non-hydrogen) atoms. The van der Waals surface area contributed by atoms with E-state index < -0.39 is 11.9 Å². The predicted molar refractivity (Wildman–Crippen MR) is 74.8 cm³/mol. The molecule has 0 spiro atoms. The lowest BCUT2D eigenvalue weighted by atomic mass is 9.95. The Morgan fingerprint density at radius 2 is 1.79 bits per heavy atom. The van der Waals surface area contributed by atoms with Gasteiger partial charge in [0.2, 0.25) is 5.91 Å². The molecule has 1 rings (SSSR count). The average molecular weight is 269 g/mol. The van der Waals surface area contributed by atoms with Gasteiger partial charge in [-0.3, -0.25) is 9.59 Å². The van der Waals surface area contributed by atoms with E-state index in [4.69, 9.17) is 0 Å². The van der Waals surface area contributed by atoms with Crippen LogP contribution in [0.25, 0.3) is 0 Å². The molecule has 0 radical (unpaired) electrons. The third-order valence-electron chi connectivity index (χ3n) is 4.22. The zero-order valence-electron chi connectivity index (χ0n) is 12.2. The Morgan fingerprint density at radius 3 is 2.37 bits per heavy atom. The summed E-state index contributed by atoms with van der Waals surface area (Å²) in [7, 11) is 0. The van der Waals surface area contributed by atoms with Crippen molar-refractivity contribution in [2.75, 3.05) is 6.54 Å². The van der Waals surface area contributed by atoms with Crippen LogP contribution >= 0.6 is 0 Å². The van der Waals surface area contributed by atoms with Crippen LogP contribution in [0.5, 0.6) is 0 Å². The van der Waals surface area contributed by atoms with Crippen molar-refractivity contribution < 1.29 is 14.7 Å². The fraction of sp³-hybridized carbons (Fsp3) is 0.867. The number of unbranched alkanes of at least 4 members (excludes halogenated alkanes) is 3. The Kier molecular flexibility index (Phi) is 6.89. The standard InChI is InChI=1S/C15H27NO3/c1-3-5-6-7-8-16-14(17)12-9-11(4-2)10-13(12)15(18)19/h11-13H,3-10H2,1-2H3,(H,16,17)(H,18,19)/t11?,12-,13+/m0/s1. The van der Waals surface area contributed by atoms with Gasteiger partial charge in [0.25, 0.3) is 0 Å². The second-order valence-electron chi connectivity index (χ2n) is 5.65. The van der Waals surface area contributed by atoms with Crippen LogP contribution in [0.2, 0.25) is 0 Å². The number of aliphatic carboxylic acids is 1. The first-order chi connectivity index (χ1) is 9.10. The highest BCUT2D eigenvalue weighted by Crippen LogP contribution is 2.38. The molecular weight excluding hydrogens is 242 g/mol. The van der Waals surface area contributed by atoms with Crippen LogP contribution in [-0.2, 0) is 9.59 Å². The number of hydrogen-bond donors (Lipinski definition) is 2. The van der Waals surface area contributed by atoms with Crippen molar-refractivity contribution in [1.82, 2.24) is 5.32 Å². The SMILES string of the molecule is CCCCCCNC(=O)[C@H]1CC(CC)C[C@H]1C(=O)O. The van der Waals surface area contributed by atoms with E-state index in [9.17, 15) is 14.7 Å². The minimum Gasteiger partial charge on any atom is -0.481 e. The fourth-order valence-electron chi connectivity index (χ4n) is 2.93. The molecule has 4 heteroatoms. The smallest absolute Gasteiger partial charge is 0.307 e. The lowest BCUT2D eigenvalue weighted by molar-refractivity contribution is -0.146. The number of carbonyl (C=O) groups excluding carboxylic acids is 1. The molecule has 0 heterocycles. The van der Waals surface area contributed by atoms with Crippen LogP contribution in [-0.4, -0.2) is 23.5 Å². The average Bonchev–Trinajstić information content (AvgIpc) is 2.82. The zero-order valence-corrected chi connectivity index (χ0v) is 12.2. The van der Waals surface area contributed by atoms with E-state index in [0.29, 0.717) is 18.9 Å². The minimum absolute atomic E-state index is 0.0557. The molecule has 0 bridgehead atoms. The molecule has 3 atom stereocenters. The largest absolute Gasteiger partial charge is 0.481 e. The number of hydrogen-bond acceptors (Lipinski definition) is 2. The maximum absolute atomic E-state index is 12.1. The van der Waals surface area contributed by atoms with Crippen LogP contribution in [0.15, 0.2) is 0 Å². The molecule has 1 saturated carbocycles. The first-order valence-corrected chi connectivity index (χ1v) is 7.60. The van der Waals surface area contributed by atoms with E-state index in [0.717, 1.165) is 25.7 Å². The van der Waals surface area contributed by atoms with E-state index in [1.807, 2.05) is 0 Å². The van der Waals surface area contributed by atoms with Crippen molar-refractivity contribution in [2.45, 2.75) is 58.8 Å². The lowest BCUT2D eigenvalue weighted by Gasteiger charge is -2.15. The normalized spacial score (nSPS) is 26.3. The highest BCUT2D eigenvalue weighted by molar-refractivity contribution is 5.85. The molecule has 1 amide bonds. The van der Waals surface area contributed by atoms with E-state index in [-0.39, 0.29) is 11.8 Å². The van der Waals surface area contributed by atoms with Crippen molar-refractivity contribution in [1.29, 1.82) is 0 Å². The summed E-state index contributed by atoms with van der Waals surface area (Å²) in [6, 6.07) is 0. The van der Waals surface area contributed by atoms with E-state index in [1.54, 1.807) is 0 Å². The van der Waals surface area contributed by atoms with Crippen molar-refractivity contribution in [2.24, 2.45) is 17.8 Å². The summed E-state index contributed by atoms with van der Waals surface area (Å²) in [5.41, 5.74) is 0. The van der Waals surface area contributed by atoms with E-state index >= 15 is 0 Å². The molecule has 1 fully saturated rings. The van der Waals surface area contributed by atoms with Gasteiger partial charge in [0, 0.05) is 6.54 Å².